The first kappa shape index (κ1) is 9.00. The van der Waals surface area contributed by atoms with E-state index < -0.39 is 0 Å². The average Bonchev–Trinajstić information content (AvgIpc) is 2.36. The fraction of sp³-hybridized carbons (Fsp3) is 0.444. The topological polar surface area (TPSA) is 29.9 Å². The van der Waals surface area contributed by atoms with Crippen molar-refractivity contribution in [1.82, 2.24) is 15.1 Å². The van der Waals surface area contributed by atoms with Crippen molar-refractivity contribution in [3.63, 3.8) is 0 Å². The Morgan fingerprint density at radius 1 is 1.75 bits per heavy atom. The number of hydrogen-bond donors (Lipinski definition) is 1. The Morgan fingerprint density at radius 2 is 2.50 bits per heavy atom. The fourth-order valence-electron chi connectivity index (χ4n) is 1.09. The molecule has 0 amide bonds. The molecule has 3 heteroatoms. The van der Waals surface area contributed by atoms with Crippen LogP contribution in [-0.2, 0) is 6.54 Å². The SMILES string of the molecule is C=C(CNC)Cn1ccc(C)n1. The van der Waals surface area contributed by atoms with E-state index in [0.717, 1.165) is 24.4 Å². The molecule has 0 radical (unpaired) electrons. The van der Waals surface area contributed by atoms with Crippen LogP contribution in [0.4, 0.5) is 0 Å². The van der Waals surface area contributed by atoms with Crippen LogP contribution in [0.25, 0.3) is 0 Å². The van der Waals surface area contributed by atoms with Crippen molar-refractivity contribution in [3.05, 3.63) is 30.1 Å². The summed E-state index contributed by atoms with van der Waals surface area (Å²) in [6.07, 6.45) is 1.97. The van der Waals surface area contributed by atoms with E-state index in [2.05, 4.69) is 17.0 Å². The zero-order chi connectivity index (χ0) is 8.97. The molecular weight excluding hydrogens is 150 g/mol. The Labute approximate surface area is 73.1 Å². The Bertz CT molecular complexity index is 262. The number of nitrogens with one attached hydrogen (secondary N) is 1. The molecule has 0 aromatic carbocycles. The predicted molar refractivity (Wildman–Crippen MR) is 50.0 cm³/mol. The summed E-state index contributed by atoms with van der Waals surface area (Å²) in [4.78, 5) is 0. The summed E-state index contributed by atoms with van der Waals surface area (Å²) in [6, 6.07) is 1.99. The van der Waals surface area contributed by atoms with Gasteiger partial charge in [-0.2, -0.15) is 5.10 Å². The molecule has 0 spiro atoms. The molecule has 1 aromatic rings. The molecular formula is C9H15N3. The molecule has 0 saturated carbocycles. The molecule has 0 unspecified atom stereocenters. The monoisotopic (exact) mass is 165 g/mol. The van der Waals surface area contributed by atoms with E-state index in [9.17, 15) is 0 Å². The summed E-state index contributed by atoms with van der Waals surface area (Å²) in [5, 5.41) is 7.31. The van der Waals surface area contributed by atoms with Gasteiger partial charge in [0.1, 0.15) is 0 Å². The lowest BCUT2D eigenvalue weighted by Crippen LogP contribution is -2.14. The minimum absolute atomic E-state index is 0.800. The van der Waals surface area contributed by atoms with E-state index in [1.165, 1.54) is 0 Å². The standard InChI is InChI=1S/C9H15N3/c1-8(6-10-3)7-12-5-4-9(2)11-12/h4-5,10H,1,6-7H2,2-3H3. The summed E-state index contributed by atoms with van der Waals surface area (Å²) in [5.41, 5.74) is 2.19. The summed E-state index contributed by atoms with van der Waals surface area (Å²) in [7, 11) is 1.92. The van der Waals surface area contributed by atoms with E-state index in [1.807, 2.05) is 30.9 Å². The summed E-state index contributed by atoms with van der Waals surface area (Å²) in [5.74, 6) is 0. The number of nitrogens with zero attached hydrogens (tertiary/aromatic N) is 2. The molecule has 0 aliphatic carbocycles. The van der Waals surface area contributed by atoms with Crippen LogP contribution in [0.15, 0.2) is 24.4 Å². The average molecular weight is 165 g/mol. The smallest absolute Gasteiger partial charge is 0.0629 e. The second-order valence-electron chi connectivity index (χ2n) is 2.94. The van der Waals surface area contributed by atoms with Crippen molar-refractivity contribution in [1.29, 1.82) is 0 Å². The molecule has 0 aliphatic rings. The van der Waals surface area contributed by atoms with Gasteiger partial charge in [-0.3, -0.25) is 4.68 Å². The highest BCUT2D eigenvalue weighted by molar-refractivity contribution is 5.00. The lowest BCUT2D eigenvalue weighted by atomic mass is 10.3. The summed E-state index contributed by atoms with van der Waals surface area (Å²) >= 11 is 0. The quantitative estimate of drug-likeness (QED) is 0.674. The fourth-order valence-corrected chi connectivity index (χ4v) is 1.09. The van der Waals surface area contributed by atoms with Crippen LogP contribution in [0.5, 0.6) is 0 Å². The van der Waals surface area contributed by atoms with Gasteiger partial charge in [-0.05, 0) is 25.6 Å². The second-order valence-corrected chi connectivity index (χ2v) is 2.94. The van der Waals surface area contributed by atoms with Crippen molar-refractivity contribution in [2.24, 2.45) is 0 Å². The lowest BCUT2D eigenvalue weighted by molar-refractivity contribution is 0.651. The Kier molecular flexibility index (Phi) is 3.05. The molecule has 3 nitrogen and oxygen atoms in total. The molecule has 0 bridgehead atoms. The van der Waals surface area contributed by atoms with Gasteiger partial charge in [0.2, 0.25) is 0 Å². The van der Waals surface area contributed by atoms with Gasteiger partial charge in [-0.25, -0.2) is 0 Å². The Balaban J connectivity index is 2.46. The van der Waals surface area contributed by atoms with Gasteiger partial charge in [0.05, 0.1) is 12.2 Å². The molecule has 0 atom stereocenters. The van der Waals surface area contributed by atoms with E-state index in [1.54, 1.807) is 0 Å². The molecule has 1 N–H and O–H groups in total. The predicted octanol–water partition coefficient (Wildman–Crippen LogP) is 0.967. The van der Waals surface area contributed by atoms with E-state index in [4.69, 9.17) is 0 Å². The molecule has 1 rings (SSSR count). The first-order chi connectivity index (χ1) is 5.72. The second kappa shape index (κ2) is 4.07. The highest BCUT2D eigenvalue weighted by Crippen LogP contribution is 1.97. The van der Waals surface area contributed by atoms with Crippen LogP contribution in [0.2, 0.25) is 0 Å². The lowest BCUT2D eigenvalue weighted by Gasteiger charge is -2.04. The maximum absolute atomic E-state index is 4.26. The van der Waals surface area contributed by atoms with E-state index >= 15 is 0 Å². The van der Waals surface area contributed by atoms with Crippen molar-refractivity contribution in [3.8, 4) is 0 Å². The number of aromatic nitrogens is 2. The third kappa shape index (κ3) is 2.51. The first-order valence-corrected chi connectivity index (χ1v) is 4.03. The highest BCUT2D eigenvalue weighted by atomic mass is 15.3. The minimum Gasteiger partial charge on any atom is -0.316 e. The van der Waals surface area contributed by atoms with Crippen LogP contribution in [0.1, 0.15) is 5.69 Å². The van der Waals surface area contributed by atoms with Gasteiger partial charge >= 0.3 is 0 Å². The molecule has 0 fully saturated rings. The minimum atomic E-state index is 0.800. The summed E-state index contributed by atoms with van der Waals surface area (Å²) < 4.78 is 1.90. The molecule has 0 saturated heterocycles. The third-order valence-corrected chi connectivity index (χ3v) is 1.59. The number of rotatable bonds is 4. The first-order valence-electron chi connectivity index (χ1n) is 4.03. The van der Waals surface area contributed by atoms with E-state index in [-0.39, 0.29) is 0 Å². The number of likely N-dealkylation sites (N-methyl/N-ethyl adjacent to an activating group) is 1. The molecule has 1 aromatic heterocycles. The van der Waals surface area contributed by atoms with Gasteiger partial charge in [0, 0.05) is 12.7 Å². The normalized spacial score (nSPS) is 10.2. The third-order valence-electron chi connectivity index (χ3n) is 1.59. The van der Waals surface area contributed by atoms with Gasteiger partial charge < -0.3 is 5.32 Å². The van der Waals surface area contributed by atoms with Gasteiger partial charge in [-0.15, -0.1) is 0 Å². The van der Waals surface area contributed by atoms with Crippen LogP contribution in [0, 0.1) is 6.92 Å². The zero-order valence-electron chi connectivity index (χ0n) is 7.67. The summed E-state index contributed by atoms with van der Waals surface area (Å²) in [6.45, 7) is 7.56. The van der Waals surface area contributed by atoms with Crippen molar-refractivity contribution >= 4 is 0 Å². The van der Waals surface area contributed by atoms with Crippen LogP contribution in [-0.4, -0.2) is 23.4 Å². The molecule has 1 heterocycles. The van der Waals surface area contributed by atoms with Crippen molar-refractivity contribution in [2.75, 3.05) is 13.6 Å². The van der Waals surface area contributed by atoms with Crippen LogP contribution < -0.4 is 5.32 Å². The van der Waals surface area contributed by atoms with Crippen LogP contribution in [0.3, 0.4) is 0 Å². The highest BCUT2D eigenvalue weighted by Gasteiger charge is 1.95. The number of aryl methyl sites for hydroxylation is 1. The Hall–Kier alpha value is -1.09. The van der Waals surface area contributed by atoms with Gasteiger partial charge in [0.25, 0.3) is 0 Å². The molecule has 66 valence electrons. The Morgan fingerprint density at radius 3 is 3.00 bits per heavy atom. The molecule has 0 aliphatic heterocycles. The van der Waals surface area contributed by atoms with Crippen LogP contribution >= 0.6 is 0 Å². The van der Waals surface area contributed by atoms with Gasteiger partial charge in [0.15, 0.2) is 0 Å². The van der Waals surface area contributed by atoms with Crippen molar-refractivity contribution < 1.29 is 0 Å². The van der Waals surface area contributed by atoms with Gasteiger partial charge in [-0.1, -0.05) is 6.58 Å². The number of hydrogen-bond acceptors (Lipinski definition) is 2. The zero-order valence-corrected chi connectivity index (χ0v) is 7.67. The maximum Gasteiger partial charge on any atom is 0.0629 e. The van der Waals surface area contributed by atoms with Crippen molar-refractivity contribution in [2.45, 2.75) is 13.5 Å². The largest absolute Gasteiger partial charge is 0.316 e. The van der Waals surface area contributed by atoms with E-state index in [0.29, 0.717) is 0 Å². The molecule has 12 heavy (non-hydrogen) atoms. The maximum atomic E-state index is 4.26.